The molecule has 228 valence electrons. The Morgan fingerprint density at radius 3 is 2.33 bits per heavy atom. The maximum Gasteiger partial charge on any atom is 0.461 e. The van der Waals surface area contributed by atoms with Gasteiger partial charge in [0.2, 0.25) is 0 Å². The molecule has 0 radical (unpaired) electrons. The molecular formula is C28H27ClF7N3O3. The number of amidine groups is 1. The van der Waals surface area contributed by atoms with Gasteiger partial charge >= 0.3 is 12.5 Å². The second-order valence-electron chi connectivity index (χ2n) is 9.21. The molecule has 1 heterocycles. The summed E-state index contributed by atoms with van der Waals surface area (Å²) in [7, 11) is 2.29. The van der Waals surface area contributed by atoms with E-state index in [0.717, 1.165) is 19.2 Å². The molecule has 0 bridgehead atoms. The van der Waals surface area contributed by atoms with Gasteiger partial charge in [-0.1, -0.05) is 41.9 Å². The van der Waals surface area contributed by atoms with Crippen LogP contribution in [0.4, 0.5) is 30.7 Å². The number of halogens is 8. The summed E-state index contributed by atoms with van der Waals surface area (Å²) in [5, 5.41) is 3.06. The molecule has 3 rings (SSSR count). The number of nitrogens with zero attached hydrogens (tertiary/aromatic N) is 2. The van der Waals surface area contributed by atoms with Gasteiger partial charge in [0.25, 0.3) is 11.9 Å². The van der Waals surface area contributed by atoms with Gasteiger partial charge in [0.05, 0.1) is 23.2 Å². The van der Waals surface area contributed by atoms with Gasteiger partial charge in [-0.15, -0.1) is 0 Å². The average molecular weight is 622 g/mol. The highest BCUT2D eigenvalue weighted by molar-refractivity contribution is 6.30. The van der Waals surface area contributed by atoms with Crippen molar-refractivity contribution in [3.8, 4) is 5.75 Å². The van der Waals surface area contributed by atoms with Crippen LogP contribution in [0.1, 0.15) is 16.8 Å². The first-order chi connectivity index (χ1) is 19.8. The first kappa shape index (κ1) is 32.9. The van der Waals surface area contributed by atoms with Gasteiger partial charge in [0, 0.05) is 25.9 Å². The van der Waals surface area contributed by atoms with Crippen molar-refractivity contribution in [1.29, 1.82) is 0 Å². The zero-order chi connectivity index (χ0) is 31.0. The van der Waals surface area contributed by atoms with Gasteiger partial charge in [-0.05, 0) is 41.8 Å². The minimum Gasteiger partial charge on any atom is -0.469 e. The Morgan fingerprint density at radius 1 is 1.02 bits per heavy atom. The van der Waals surface area contributed by atoms with Crippen molar-refractivity contribution in [3.05, 3.63) is 94.5 Å². The highest BCUT2D eigenvalue weighted by atomic mass is 35.5. The van der Waals surface area contributed by atoms with Crippen LogP contribution in [-0.2, 0) is 21.3 Å². The maximum atomic E-state index is 14.9. The highest BCUT2D eigenvalue weighted by Gasteiger charge is 2.45. The van der Waals surface area contributed by atoms with Crippen molar-refractivity contribution in [2.45, 2.75) is 30.3 Å². The molecule has 0 aliphatic heterocycles. The second-order valence-corrected chi connectivity index (χ2v) is 9.65. The molecule has 0 aliphatic rings. The number of benzene rings is 2. The van der Waals surface area contributed by atoms with Gasteiger partial charge < -0.3 is 19.5 Å². The van der Waals surface area contributed by atoms with E-state index in [0.29, 0.717) is 11.6 Å². The fourth-order valence-electron chi connectivity index (χ4n) is 4.16. The fraction of sp³-hybridized carbons (Fsp3) is 0.357. The van der Waals surface area contributed by atoms with Crippen molar-refractivity contribution in [3.63, 3.8) is 0 Å². The summed E-state index contributed by atoms with van der Waals surface area (Å²) >= 11 is 6.05. The number of rotatable bonds is 13. The summed E-state index contributed by atoms with van der Waals surface area (Å²) in [5.41, 5.74) is -0.585. The normalized spacial score (nSPS) is 14.0. The van der Waals surface area contributed by atoms with Crippen LogP contribution in [0.2, 0.25) is 5.02 Å². The Hall–Kier alpha value is -3.58. The first-order valence-corrected chi connectivity index (χ1v) is 12.7. The summed E-state index contributed by atoms with van der Waals surface area (Å²) in [6, 6.07) is 13.9. The van der Waals surface area contributed by atoms with Crippen LogP contribution in [0.5, 0.6) is 5.75 Å². The summed E-state index contributed by atoms with van der Waals surface area (Å²) in [4.78, 5) is 8.16. The zero-order valence-electron chi connectivity index (χ0n) is 22.4. The summed E-state index contributed by atoms with van der Waals surface area (Å²) in [6.45, 7) is -2.16. The predicted molar refractivity (Wildman–Crippen MR) is 142 cm³/mol. The molecule has 42 heavy (non-hydrogen) atoms. The lowest BCUT2D eigenvalue weighted by molar-refractivity contribution is -0.253. The summed E-state index contributed by atoms with van der Waals surface area (Å²) < 4.78 is 110. The van der Waals surface area contributed by atoms with Gasteiger partial charge in [-0.25, -0.2) is 18.2 Å². The molecule has 14 heteroatoms. The number of aromatic nitrogens is 1. The van der Waals surface area contributed by atoms with Crippen molar-refractivity contribution in [2.24, 2.45) is 4.99 Å². The van der Waals surface area contributed by atoms with Crippen molar-refractivity contribution in [1.82, 2.24) is 10.3 Å². The summed E-state index contributed by atoms with van der Waals surface area (Å²) in [6.07, 6.45) is -7.77. The third kappa shape index (κ3) is 8.71. The molecule has 1 N–H and O–H groups in total. The molecule has 0 unspecified atom stereocenters. The van der Waals surface area contributed by atoms with E-state index in [1.807, 2.05) is 0 Å². The van der Waals surface area contributed by atoms with Crippen LogP contribution >= 0.6 is 11.6 Å². The number of alkyl halides is 6. The van der Waals surface area contributed by atoms with E-state index in [4.69, 9.17) is 16.3 Å². The van der Waals surface area contributed by atoms with Crippen LogP contribution in [0.25, 0.3) is 0 Å². The molecule has 0 fully saturated rings. The number of nitrogens with one attached hydrogen (secondary N) is 1. The number of hydrogen-bond acceptors (Lipinski definition) is 5. The van der Waals surface area contributed by atoms with Crippen molar-refractivity contribution in [2.75, 3.05) is 33.9 Å². The minimum absolute atomic E-state index is 0.0195. The number of ether oxygens (including phenoxy) is 3. The van der Waals surface area contributed by atoms with E-state index in [1.165, 1.54) is 25.4 Å². The van der Waals surface area contributed by atoms with Crippen molar-refractivity contribution < 1.29 is 44.9 Å². The van der Waals surface area contributed by atoms with Gasteiger partial charge in [-0.3, -0.25) is 4.98 Å². The monoisotopic (exact) mass is 621 g/mol. The lowest BCUT2D eigenvalue weighted by Crippen LogP contribution is -2.45. The Labute approximate surface area is 242 Å². The summed E-state index contributed by atoms with van der Waals surface area (Å²) in [5.74, 6) is -5.26. The standard InChI is InChI=1S/C28H27ClF7N3O3/c1-40-17-27(33,34)16-39-25(41-2)38-15-26(13-18-6-4-3-5-7-18,23-9-8-20(29)14-37-23)19-10-21(30)12-22(11-19)42-28(35,36)24(31)32/h3-12,14,24H,13,15-17H2,1-2H3,(H,38,39)/t26-/m0/s1. The average Bonchev–Trinajstić information content (AvgIpc) is 2.92. The van der Waals surface area contributed by atoms with Crippen LogP contribution in [0, 0.1) is 5.82 Å². The highest BCUT2D eigenvalue weighted by Crippen LogP contribution is 2.38. The SMILES string of the molecule is COCC(F)(F)CN=C(NC[C@@](Cc1ccccc1)(c1cc(F)cc(OC(F)(F)C(F)F)c1)c1ccc(Cl)cn1)OC. The zero-order valence-corrected chi connectivity index (χ0v) is 23.2. The Morgan fingerprint density at radius 2 is 1.74 bits per heavy atom. The molecule has 3 aromatic rings. The first-order valence-electron chi connectivity index (χ1n) is 12.3. The molecule has 0 aliphatic carbocycles. The van der Waals surface area contributed by atoms with Crippen LogP contribution in [0.3, 0.4) is 0 Å². The molecule has 2 aromatic carbocycles. The van der Waals surface area contributed by atoms with Gasteiger partial charge in [-0.2, -0.15) is 17.6 Å². The second kappa shape index (κ2) is 14.1. The molecular weight excluding hydrogens is 595 g/mol. The molecule has 1 atom stereocenters. The molecule has 1 aromatic heterocycles. The Balaban J connectivity index is 2.18. The van der Waals surface area contributed by atoms with Crippen LogP contribution in [0.15, 0.2) is 71.9 Å². The topological polar surface area (TPSA) is 65.0 Å². The Bertz CT molecular complexity index is 1330. The quantitative estimate of drug-likeness (QED) is 0.134. The van der Waals surface area contributed by atoms with Crippen molar-refractivity contribution >= 4 is 17.6 Å². The van der Waals surface area contributed by atoms with E-state index in [1.54, 1.807) is 30.3 Å². The molecule has 0 amide bonds. The minimum atomic E-state index is -4.91. The van der Waals surface area contributed by atoms with E-state index in [2.05, 4.69) is 24.8 Å². The third-order valence-corrected chi connectivity index (χ3v) is 6.27. The lowest BCUT2D eigenvalue weighted by Gasteiger charge is -2.35. The molecule has 6 nitrogen and oxygen atoms in total. The maximum absolute atomic E-state index is 14.9. The number of methoxy groups -OCH3 is 2. The van der Waals surface area contributed by atoms with E-state index in [9.17, 15) is 30.7 Å². The van der Waals surface area contributed by atoms with Crippen LogP contribution < -0.4 is 10.1 Å². The van der Waals surface area contributed by atoms with E-state index < -0.39 is 48.6 Å². The molecule has 0 spiro atoms. The van der Waals surface area contributed by atoms with E-state index >= 15 is 0 Å². The smallest absolute Gasteiger partial charge is 0.461 e. The third-order valence-electron chi connectivity index (χ3n) is 6.04. The largest absolute Gasteiger partial charge is 0.469 e. The number of pyridine rings is 1. The number of aliphatic imine (C=N–C) groups is 1. The Kier molecular flexibility index (Phi) is 11.0. The van der Waals surface area contributed by atoms with Gasteiger partial charge in [0.1, 0.15) is 24.7 Å². The van der Waals surface area contributed by atoms with Crippen LogP contribution in [-0.4, -0.2) is 63.4 Å². The predicted octanol–water partition coefficient (Wildman–Crippen LogP) is 6.51. The number of hydrogen-bond donors (Lipinski definition) is 1. The molecule has 0 saturated carbocycles. The molecule has 0 saturated heterocycles. The fourth-order valence-corrected chi connectivity index (χ4v) is 4.27. The van der Waals surface area contributed by atoms with E-state index in [-0.39, 0.29) is 35.3 Å². The lowest BCUT2D eigenvalue weighted by atomic mass is 9.72. The van der Waals surface area contributed by atoms with Gasteiger partial charge in [0.15, 0.2) is 0 Å².